The molecule has 0 bridgehead atoms. The van der Waals surface area contributed by atoms with Gasteiger partial charge >= 0.3 is 0 Å². The van der Waals surface area contributed by atoms with Crippen LogP contribution < -0.4 is 4.74 Å². The number of halogens is 3. The van der Waals surface area contributed by atoms with Gasteiger partial charge in [-0.3, -0.25) is 0 Å². The van der Waals surface area contributed by atoms with Crippen molar-refractivity contribution in [3.8, 4) is 16.9 Å². The number of hydrogen-bond donors (Lipinski definition) is 0. The number of ether oxygens (including phenoxy) is 1. The van der Waals surface area contributed by atoms with Gasteiger partial charge in [0.2, 0.25) is 5.82 Å². The summed E-state index contributed by atoms with van der Waals surface area (Å²) < 4.78 is 50.4. The van der Waals surface area contributed by atoms with E-state index in [9.17, 15) is 8.78 Å². The van der Waals surface area contributed by atoms with Crippen LogP contribution >= 0.6 is 0 Å². The van der Waals surface area contributed by atoms with E-state index in [1.165, 1.54) is 88.8 Å². The van der Waals surface area contributed by atoms with Crippen molar-refractivity contribution >= 4 is 0 Å². The van der Waals surface area contributed by atoms with Gasteiger partial charge in [-0.25, -0.2) is 8.78 Å². The monoisotopic (exact) mass is 544 g/mol. The van der Waals surface area contributed by atoms with Crippen molar-refractivity contribution in [2.45, 2.75) is 135 Å². The Kier molecular flexibility index (Phi) is 14.3. The molecule has 0 saturated heterocycles. The van der Waals surface area contributed by atoms with E-state index in [1.807, 2.05) is 0 Å². The Labute approximate surface area is 235 Å². The number of benzene rings is 2. The van der Waals surface area contributed by atoms with Crippen molar-refractivity contribution in [2.24, 2.45) is 5.92 Å². The second kappa shape index (κ2) is 17.7. The van der Waals surface area contributed by atoms with Gasteiger partial charge < -0.3 is 4.74 Å². The van der Waals surface area contributed by atoms with Gasteiger partial charge in [-0.05, 0) is 73.3 Å². The Morgan fingerprint density at radius 1 is 0.667 bits per heavy atom. The first-order valence-corrected chi connectivity index (χ1v) is 16.0. The van der Waals surface area contributed by atoms with E-state index in [-0.39, 0.29) is 23.0 Å². The quantitative estimate of drug-likeness (QED) is 0.170. The Hall–Kier alpha value is -1.97. The van der Waals surface area contributed by atoms with Gasteiger partial charge in [-0.1, -0.05) is 109 Å². The summed E-state index contributed by atoms with van der Waals surface area (Å²) in [6.07, 6.45) is 21.5. The third-order valence-electron chi connectivity index (χ3n) is 8.62. The third kappa shape index (κ3) is 10.2. The number of rotatable bonds is 18. The van der Waals surface area contributed by atoms with Crippen LogP contribution in [0, 0.1) is 23.4 Å². The second-order valence-electron chi connectivity index (χ2n) is 11.7. The van der Waals surface area contributed by atoms with Gasteiger partial charge in [0.1, 0.15) is 5.82 Å². The van der Waals surface area contributed by atoms with E-state index in [1.54, 1.807) is 12.1 Å². The summed E-state index contributed by atoms with van der Waals surface area (Å²) in [5.74, 6) is -1.39. The Morgan fingerprint density at radius 2 is 1.28 bits per heavy atom. The van der Waals surface area contributed by atoms with E-state index >= 15 is 4.39 Å². The van der Waals surface area contributed by atoms with Crippen LogP contribution in [-0.4, -0.2) is 6.61 Å². The summed E-state index contributed by atoms with van der Waals surface area (Å²) in [5.41, 5.74) is 1.15. The zero-order valence-corrected chi connectivity index (χ0v) is 24.5. The molecule has 0 atom stereocenters. The predicted molar refractivity (Wildman–Crippen MR) is 158 cm³/mol. The van der Waals surface area contributed by atoms with Gasteiger partial charge in [0.25, 0.3) is 0 Å². The van der Waals surface area contributed by atoms with Gasteiger partial charge in [0, 0.05) is 5.56 Å². The van der Waals surface area contributed by atoms with Crippen LogP contribution in [0.3, 0.4) is 0 Å². The number of hydrogen-bond acceptors (Lipinski definition) is 1. The Bertz CT molecular complexity index is 965. The second-order valence-corrected chi connectivity index (χ2v) is 11.7. The highest BCUT2D eigenvalue weighted by molar-refractivity contribution is 5.66. The molecule has 1 aliphatic rings. The number of unbranched alkanes of at least 4 members (excludes halogenated alkanes) is 11. The summed E-state index contributed by atoms with van der Waals surface area (Å²) in [7, 11) is 0. The first-order chi connectivity index (χ1) is 19.0. The van der Waals surface area contributed by atoms with E-state index in [4.69, 9.17) is 4.74 Å². The molecule has 39 heavy (non-hydrogen) atoms. The SMILES string of the molecule is CCCCCCCCCOc1ccc(-c2ccc(C3CCC(CCCCCCCC)CC3)c(F)c2)c(F)c1F. The van der Waals surface area contributed by atoms with E-state index in [2.05, 4.69) is 13.8 Å². The van der Waals surface area contributed by atoms with Crippen LogP contribution in [0.25, 0.3) is 11.1 Å². The van der Waals surface area contributed by atoms with Crippen molar-refractivity contribution in [1.82, 2.24) is 0 Å². The minimum absolute atomic E-state index is 0.0722. The lowest BCUT2D eigenvalue weighted by Gasteiger charge is -2.29. The molecule has 0 heterocycles. The molecular weight excluding hydrogens is 493 g/mol. The molecule has 0 N–H and O–H groups in total. The fourth-order valence-corrected chi connectivity index (χ4v) is 6.11. The smallest absolute Gasteiger partial charge is 0.201 e. The summed E-state index contributed by atoms with van der Waals surface area (Å²) in [4.78, 5) is 0. The molecular formula is C35H51F3O. The van der Waals surface area contributed by atoms with Gasteiger partial charge in [0.05, 0.1) is 6.61 Å². The van der Waals surface area contributed by atoms with Crippen molar-refractivity contribution in [1.29, 1.82) is 0 Å². The van der Waals surface area contributed by atoms with Crippen molar-refractivity contribution < 1.29 is 17.9 Å². The average molecular weight is 545 g/mol. The van der Waals surface area contributed by atoms with Crippen molar-refractivity contribution in [3.63, 3.8) is 0 Å². The Balaban J connectivity index is 1.48. The van der Waals surface area contributed by atoms with Crippen LogP contribution in [0.5, 0.6) is 5.75 Å². The fraction of sp³-hybridized carbons (Fsp3) is 0.657. The normalized spacial score (nSPS) is 17.5. The molecule has 4 heteroatoms. The largest absolute Gasteiger partial charge is 0.490 e. The predicted octanol–water partition coefficient (Wildman–Crippen LogP) is 11.9. The molecule has 1 aliphatic carbocycles. The maximum atomic E-state index is 15.2. The van der Waals surface area contributed by atoms with Crippen LogP contribution in [0.2, 0.25) is 0 Å². The molecule has 218 valence electrons. The van der Waals surface area contributed by atoms with Crippen LogP contribution in [0.1, 0.15) is 141 Å². The molecule has 2 aromatic rings. The highest BCUT2D eigenvalue weighted by atomic mass is 19.2. The van der Waals surface area contributed by atoms with Gasteiger partial charge in [-0.2, -0.15) is 4.39 Å². The van der Waals surface area contributed by atoms with Crippen molar-refractivity contribution in [3.05, 3.63) is 53.3 Å². The molecule has 0 spiro atoms. The standard InChI is InChI=1S/C35H51F3O/c1-3-5-7-9-11-13-15-25-39-33-24-23-31(34(37)35(33)38)29-21-22-30(32(36)26-29)28-19-17-27(18-20-28)16-14-12-10-8-6-4-2/h21-24,26-28H,3-20,25H2,1-2H3. The first-order valence-electron chi connectivity index (χ1n) is 16.0. The molecule has 1 nitrogen and oxygen atoms in total. The third-order valence-corrected chi connectivity index (χ3v) is 8.62. The molecule has 1 saturated carbocycles. The molecule has 0 aliphatic heterocycles. The maximum absolute atomic E-state index is 15.2. The van der Waals surface area contributed by atoms with E-state index in [0.29, 0.717) is 17.7 Å². The van der Waals surface area contributed by atoms with Crippen molar-refractivity contribution in [2.75, 3.05) is 6.61 Å². The zero-order valence-electron chi connectivity index (χ0n) is 24.5. The summed E-state index contributed by atoms with van der Waals surface area (Å²) >= 11 is 0. The molecule has 0 amide bonds. The highest BCUT2D eigenvalue weighted by Crippen LogP contribution is 2.40. The lowest BCUT2D eigenvalue weighted by Crippen LogP contribution is -2.14. The van der Waals surface area contributed by atoms with E-state index < -0.39 is 11.6 Å². The molecule has 3 rings (SSSR count). The van der Waals surface area contributed by atoms with Crippen LogP contribution in [0.4, 0.5) is 13.2 Å². The minimum Gasteiger partial charge on any atom is -0.490 e. The van der Waals surface area contributed by atoms with Gasteiger partial charge in [0.15, 0.2) is 11.6 Å². The van der Waals surface area contributed by atoms with Crippen LogP contribution in [-0.2, 0) is 0 Å². The average Bonchev–Trinajstić information content (AvgIpc) is 2.95. The summed E-state index contributed by atoms with van der Waals surface area (Å²) in [6, 6.07) is 7.85. The summed E-state index contributed by atoms with van der Waals surface area (Å²) in [6.45, 7) is 4.81. The molecule has 0 aromatic heterocycles. The summed E-state index contributed by atoms with van der Waals surface area (Å²) in [5, 5.41) is 0. The minimum atomic E-state index is -0.997. The molecule has 0 unspecified atom stereocenters. The van der Waals surface area contributed by atoms with Crippen LogP contribution in [0.15, 0.2) is 30.3 Å². The zero-order chi connectivity index (χ0) is 27.9. The lowest BCUT2D eigenvalue weighted by atomic mass is 9.76. The first kappa shape index (κ1) is 31.6. The Morgan fingerprint density at radius 3 is 1.92 bits per heavy atom. The molecule has 0 radical (unpaired) electrons. The maximum Gasteiger partial charge on any atom is 0.201 e. The lowest BCUT2D eigenvalue weighted by molar-refractivity contribution is 0.285. The van der Waals surface area contributed by atoms with E-state index in [0.717, 1.165) is 50.9 Å². The fourth-order valence-electron chi connectivity index (χ4n) is 6.11. The molecule has 1 fully saturated rings. The van der Waals surface area contributed by atoms with Gasteiger partial charge in [-0.15, -0.1) is 0 Å². The topological polar surface area (TPSA) is 9.23 Å². The molecule has 2 aromatic carbocycles. The highest BCUT2D eigenvalue weighted by Gasteiger charge is 2.25.